The molecule has 4 heteroatoms. The van der Waals surface area contributed by atoms with Crippen LogP contribution < -0.4 is 10.9 Å². The van der Waals surface area contributed by atoms with Gasteiger partial charge in [0.1, 0.15) is 5.75 Å². The van der Waals surface area contributed by atoms with E-state index < -0.39 is 0 Å². The number of aryl methyl sites for hydroxylation is 1. The molecule has 0 N–H and O–H groups in total. The molecule has 1 rings (SSSR count). The molecule has 13 heavy (non-hydrogen) atoms. The van der Waals surface area contributed by atoms with Crippen molar-refractivity contribution in [2.45, 2.75) is 19.7 Å². The first kappa shape index (κ1) is 12.2. The van der Waals surface area contributed by atoms with E-state index in [1.54, 1.807) is 13.3 Å². The Morgan fingerprint density at radius 2 is 2.08 bits per heavy atom. The highest BCUT2D eigenvalue weighted by molar-refractivity contribution is 6.17. The third-order valence-electron chi connectivity index (χ3n) is 1.88. The summed E-state index contributed by atoms with van der Waals surface area (Å²) in [7, 11) is 1.66. The minimum absolute atomic E-state index is 0. The Kier molecular flexibility index (Phi) is 4.73. The van der Waals surface area contributed by atoms with Crippen molar-refractivity contribution < 1.29 is 4.74 Å². The second-order valence-corrected chi connectivity index (χ2v) is 2.95. The maximum atomic E-state index is 5.70. The average molecular weight is 200 g/mol. The third-order valence-corrected chi connectivity index (χ3v) is 2.13. The van der Waals surface area contributed by atoms with Gasteiger partial charge >= 0.3 is 0 Å². The van der Waals surface area contributed by atoms with Gasteiger partial charge in [0, 0.05) is 23.5 Å². The average Bonchev–Trinajstić information content (AvgIpc) is 2.06. The van der Waals surface area contributed by atoms with Crippen molar-refractivity contribution in [3.05, 3.63) is 23.0 Å². The van der Waals surface area contributed by atoms with Crippen molar-refractivity contribution in [1.29, 1.82) is 0 Å². The predicted molar refractivity (Wildman–Crippen MR) is 52.0 cm³/mol. The molecule has 0 aliphatic rings. The molecule has 0 atom stereocenters. The summed E-state index contributed by atoms with van der Waals surface area (Å²) < 4.78 is 5.22. The molecule has 1 aromatic heterocycles. The summed E-state index contributed by atoms with van der Waals surface area (Å²) in [6.45, 7) is 3.94. The van der Waals surface area contributed by atoms with Crippen LogP contribution >= 0.6 is 11.6 Å². The fourth-order valence-electron chi connectivity index (χ4n) is 1.21. The molecule has 0 aliphatic carbocycles. The summed E-state index contributed by atoms with van der Waals surface area (Å²) in [6, 6.07) is 0. The van der Waals surface area contributed by atoms with Crippen LogP contribution in [0.3, 0.4) is 0 Å². The van der Waals surface area contributed by atoms with Gasteiger partial charge in [0.05, 0.1) is 18.7 Å². The highest BCUT2D eigenvalue weighted by Gasteiger charge is 2.07. The third kappa shape index (κ3) is 2.32. The Morgan fingerprint density at radius 3 is 2.54 bits per heavy atom. The van der Waals surface area contributed by atoms with Crippen LogP contribution in [-0.4, -0.2) is 12.1 Å². The molecule has 0 fully saturated rings. The highest BCUT2D eigenvalue weighted by atomic mass is 35.5. The number of nitrogens with zero attached hydrogens (tertiary/aromatic N) is 2. The van der Waals surface area contributed by atoms with Crippen molar-refractivity contribution in [2.75, 3.05) is 7.11 Å². The van der Waals surface area contributed by atoms with Crippen molar-refractivity contribution >= 4 is 11.6 Å². The van der Waals surface area contributed by atoms with E-state index in [1.807, 2.05) is 13.8 Å². The van der Waals surface area contributed by atoms with Crippen molar-refractivity contribution in [3.8, 4) is 5.75 Å². The molecule has 0 spiro atoms. The van der Waals surface area contributed by atoms with Crippen molar-refractivity contribution in [3.63, 3.8) is 0 Å². The van der Waals surface area contributed by atoms with Gasteiger partial charge in [-0.25, -0.2) is 0 Å². The van der Waals surface area contributed by atoms with Crippen LogP contribution in [-0.2, 0) is 5.88 Å². The Labute approximate surface area is 83.7 Å². The smallest absolute Gasteiger partial charge is 0.128 e. The van der Waals surface area contributed by atoms with Gasteiger partial charge in [-0.2, -0.15) is 0 Å². The van der Waals surface area contributed by atoms with Gasteiger partial charge in [0.15, 0.2) is 0 Å². The van der Waals surface area contributed by atoms with E-state index in [2.05, 4.69) is 4.98 Å². The molecular weight excluding hydrogens is 188 g/mol. The molecule has 3 nitrogen and oxygen atoms in total. The standard InChI is InChI=1S/C9H12ClNO.N/c1-6-5-11-8(4-10)7(2)9(6)12-3;/h5H,4H2,1-3H3;. The van der Waals surface area contributed by atoms with Gasteiger partial charge < -0.3 is 4.74 Å². The number of rotatable bonds is 2. The molecule has 0 unspecified atom stereocenters. The van der Waals surface area contributed by atoms with Gasteiger partial charge in [0.2, 0.25) is 0 Å². The number of methoxy groups -OCH3 is 1. The Balaban J connectivity index is 0.00000144. The van der Waals surface area contributed by atoms with E-state index in [0.717, 1.165) is 22.6 Å². The maximum absolute atomic E-state index is 5.70. The molecule has 71 valence electrons. The summed E-state index contributed by atoms with van der Waals surface area (Å²) >= 11 is 5.70. The lowest BCUT2D eigenvalue weighted by atomic mass is 10.1. The fraction of sp³-hybridized carbons (Fsp3) is 0.444. The van der Waals surface area contributed by atoms with Gasteiger partial charge in [0.25, 0.3) is 0 Å². The molecule has 0 saturated heterocycles. The molecule has 0 aliphatic heterocycles. The fourth-order valence-corrected chi connectivity index (χ4v) is 1.48. The minimum atomic E-state index is 0. The number of pyridine rings is 1. The van der Waals surface area contributed by atoms with Gasteiger partial charge in [-0.3, -0.25) is 4.98 Å². The molecule has 3 radical (unpaired) electrons. The zero-order valence-corrected chi connectivity index (χ0v) is 8.72. The molecule has 0 aromatic carbocycles. The van der Waals surface area contributed by atoms with Crippen LogP contribution in [0.4, 0.5) is 0 Å². The molecule has 1 aromatic rings. The number of alkyl halides is 1. The van der Waals surface area contributed by atoms with E-state index in [9.17, 15) is 0 Å². The first-order valence-corrected chi connectivity index (χ1v) is 4.29. The van der Waals surface area contributed by atoms with E-state index in [0.29, 0.717) is 5.88 Å². The largest absolute Gasteiger partial charge is 0.496 e. The van der Waals surface area contributed by atoms with Crippen LogP contribution in [0.2, 0.25) is 0 Å². The van der Waals surface area contributed by atoms with Crippen LogP contribution in [0, 0.1) is 13.8 Å². The summed E-state index contributed by atoms with van der Waals surface area (Å²) in [4.78, 5) is 4.19. The number of ether oxygens (including phenoxy) is 1. The number of halogens is 1. The quantitative estimate of drug-likeness (QED) is 0.684. The van der Waals surface area contributed by atoms with Crippen molar-refractivity contribution in [1.82, 2.24) is 11.1 Å². The predicted octanol–water partition coefficient (Wildman–Crippen LogP) is 1.97. The van der Waals surface area contributed by atoms with E-state index in [4.69, 9.17) is 16.3 Å². The van der Waals surface area contributed by atoms with Gasteiger partial charge in [-0.15, -0.1) is 11.6 Å². The zero-order valence-electron chi connectivity index (χ0n) is 7.97. The van der Waals surface area contributed by atoms with Crippen LogP contribution in [0.1, 0.15) is 16.8 Å². The molecule has 1 heterocycles. The second-order valence-electron chi connectivity index (χ2n) is 2.68. The lowest BCUT2D eigenvalue weighted by molar-refractivity contribution is 0.407. The minimum Gasteiger partial charge on any atom is -0.496 e. The monoisotopic (exact) mass is 199 g/mol. The first-order valence-electron chi connectivity index (χ1n) is 3.75. The second kappa shape index (κ2) is 5.04. The Hall–Kier alpha value is -0.800. The lowest BCUT2D eigenvalue weighted by Crippen LogP contribution is -1.97. The van der Waals surface area contributed by atoms with Gasteiger partial charge in [-0.05, 0) is 13.8 Å². The first-order chi connectivity index (χ1) is 5.70. The molecular formula is C9H12ClN2O. The maximum Gasteiger partial charge on any atom is 0.128 e. The van der Waals surface area contributed by atoms with Crippen LogP contribution in [0.5, 0.6) is 5.75 Å². The Bertz CT molecular complexity index is 289. The molecule has 0 saturated carbocycles. The topological polar surface area (TPSA) is 52.6 Å². The van der Waals surface area contributed by atoms with E-state index in [-0.39, 0.29) is 6.15 Å². The molecule has 0 amide bonds. The molecule has 0 bridgehead atoms. The van der Waals surface area contributed by atoms with Crippen LogP contribution in [0.25, 0.3) is 0 Å². The SMILES string of the molecule is COc1c(C)cnc(CCl)c1C.[N]. The normalized spacial score (nSPS) is 9.23. The van der Waals surface area contributed by atoms with E-state index >= 15 is 0 Å². The summed E-state index contributed by atoms with van der Waals surface area (Å²) in [5, 5.41) is 0. The van der Waals surface area contributed by atoms with Crippen LogP contribution in [0.15, 0.2) is 6.20 Å². The summed E-state index contributed by atoms with van der Waals surface area (Å²) in [5.41, 5.74) is 2.97. The lowest BCUT2D eigenvalue weighted by Gasteiger charge is -2.09. The van der Waals surface area contributed by atoms with Gasteiger partial charge in [-0.1, -0.05) is 0 Å². The summed E-state index contributed by atoms with van der Waals surface area (Å²) in [6.07, 6.45) is 1.78. The van der Waals surface area contributed by atoms with E-state index in [1.165, 1.54) is 0 Å². The zero-order chi connectivity index (χ0) is 9.14. The Morgan fingerprint density at radius 1 is 1.46 bits per heavy atom. The highest BCUT2D eigenvalue weighted by Crippen LogP contribution is 2.24. The summed E-state index contributed by atoms with van der Waals surface area (Å²) in [5.74, 6) is 1.32. The number of hydrogen-bond donors (Lipinski definition) is 0. The van der Waals surface area contributed by atoms with Crippen molar-refractivity contribution in [2.24, 2.45) is 0 Å². The number of aromatic nitrogens is 1. The number of hydrogen-bond acceptors (Lipinski definition) is 2.